The molecule has 1 amide bonds. The second kappa shape index (κ2) is 10.3. The highest BCUT2D eigenvalue weighted by Gasteiger charge is 2.18. The molecule has 1 N–H and O–H groups in total. The molecule has 2 aromatic carbocycles. The van der Waals surface area contributed by atoms with E-state index >= 15 is 0 Å². The number of aromatic nitrogens is 1. The van der Waals surface area contributed by atoms with Crippen LogP contribution in [0.2, 0.25) is 0 Å². The van der Waals surface area contributed by atoms with Gasteiger partial charge in [-0.05, 0) is 67.8 Å². The maximum Gasteiger partial charge on any atom is 0.262 e. The molecule has 7 nitrogen and oxygen atoms in total. The predicted molar refractivity (Wildman–Crippen MR) is 135 cm³/mol. The number of fused-ring (bicyclic) bond motifs is 1. The molecule has 1 aliphatic carbocycles. The maximum atomic E-state index is 11.8. The van der Waals surface area contributed by atoms with Gasteiger partial charge in [0.1, 0.15) is 11.5 Å². The molecule has 5 rings (SSSR count). The summed E-state index contributed by atoms with van der Waals surface area (Å²) >= 11 is 1.59. The van der Waals surface area contributed by atoms with Crippen molar-refractivity contribution in [1.82, 2.24) is 4.68 Å². The van der Waals surface area contributed by atoms with E-state index in [0.29, 0.717) is 24.1 Å². The summed E-state index contributed by atoms with van der Waals surface area (Å²) in [6.07, 6.45) is 7.84. The summed E-state index contributed by atoms with van der Waals surface area (Å²) in [6, 6.07) is 14.0. The van der Waals surface area contributed by atoms with E-state index in [9.17, 15) is 4.79 Å². The smallest absolute Gasteiger partial charge is 0.262 e. The Hall–Kier alpha value is -3.39. The van der Waals surface area contributed by atoms with Crippen molar-refractivity contribution in [2.24, 2.45) is 10.1 Å². The fourth-order valence-corrected chi connectivity index (χ4v) is 5.16. The van der Waals surface area contributed by atoms with Gasteiger partial charge in [-0.2, -0.15) is 5.10 Å². The number of carbonyl (C=O) groups is 1. The number of hydrogen-bond acceptors (Lipinski definition) is 6. The van der Waals surface area contributed by atoms with E-state index in [4.69, 9.17) is 19.6 Å². The van der Waals surface area contributed by atoms with Gasteiger partial charge in [0.15, 0.2) is 6.61 Å². The summed E-state index contributed by atoms with van der Waals surface area (Å²) in [5, 5.41) is 9.80. The molecule has 0 unspecified atom stereocenters. The Labute approximate surface area is 202 Å². The first-order valence-corrected chi connectivity index (χ1v) is 12.7. The van der Waals surface area contributed by atoms with E-state index in [2.05, 4.69) is 10.7 Å². The van der Waals surface area contributed by atoms with E-state index in [0.717, 1.165) is 40.2 Å². The highest BCUT2D eigenvalue weighted by Crippen LogP contribution is 2.33. The number of rotatable bonds is 6. The first-order valence-electron chi connectivity index (χ1n) is 11.8. The topological polar surface area (TPSA) is 77.2 Å². The largest absolute Gasteiger partial charge is 0.494 e. The standard InChI is InChI=1S/C26H28N4O3S/c1-2-32-21-11-8-18(9-12-21)15-27-30-23(17-34-26(30)28-20-6-4-3-5-7-20)19-10-13-24-22(14-19)29-25(31)16-33-24/h8-15,17,20H,2-7,16H2,1H3,(H,29,31). The van der Waals surface area contributed by atoms with Gasteiger partial charge in [0.2, 0.25) is 4.80 Å². The normalized spacial score (nSPS) is 16.9. The third-order valence-electron chi connectivity index (χ3n) is 5.97. The summed E-state index contributed by atoms with van der Waals surface area (Å²) in [5.74, 6) is 1.37. The summed E-state index contributed by atoms with van der Waals surface area (Å²) in [5.41, 5.74) is 3.51. The van der Waals surface area contributed by atoms with Gasteiger partial charge in [0, 0.05) is 10.9 Å². The number of hydrogen-bond donors (Lipinski definition) is 1. The summed E-state index contributed by atoms with van der Waals surface area (Å²) in [6.45, 7) is 2.65. The molecule has 8 heteroatoms. The molecule has 1 fully saturated rings. The molecule has 1 aromatic heterocycles. The van der Waals surface area contributed by atoms with Crippen LogP contribution in [0.4, 0.5) is 5.69 Å². The Bertz CT molecular complexity index is 1250. The predicted octanol–water partition coefficient (Wildman–Crippen LogP) is 5.06. The number of benzene rings is 2. The van der Waals surface area contributed by atoms with Crippen LogP contribution in [0.3, 0.4) is 0 Å². The van der Waals surface area contributed by atoms with Crippen molar-refractivity contribution in [2.45, 2.75) is 45.1 Å². The molecule has 2 heterocycles. The third-order valence-corrected chi connectivity index (χ3v) is 6.80. The van der Waals surface area contributed by atoms with E-state index in [1.165, 1.54) is 19.3 Å². The lowest BCUT2D eigenvalue weighted by atomic mass is 9.96. The molecule has 34 heavy (non-hydrogen) atoms. The maximum absolute atomic E-state index is 11.8. The Morgan fingerprint density at radius 1 is 1.18 bits per heavy atom. The molecule has 176 valence electrons. The van der Waals surface area contributed by atoms with Crippen LogP contribution in [-0.4, -0.2) is 36.1 Å². The van der Waals surface area contributed by atoms with Crippen LogP contribution in [0.1, 0.15) is 44.6 Å². The van der Waals surface area contributed by atoms with E-state index in [1.807, 2.05) is 60.3 Å². The molecular formula is C26H28N4O3S. The molecule has 0 radical (unpaired) electrons. The number of nitrogens with zero attached hydrogens (tertiary/aromatic N) is 3. The van der Waals surface area contributed by atoms with Crippen LogP contribution in [0.25, 0.3) is 11.3 Å². The Morgan fingerprint density at radius 3 is 2.79 bits per heavy atom. The molecule has 0 atom stereocenters. The fourth-order valence-electron chi connectivity index (χ4n) is 4.25. The molecule has 0 saturated heterocycles. The third kappa shape index (κ3) is 5.07. The average molecular weight is 477 g/mol. The molecule has 0 bridgehead atoms. The lowest BCUT2D eigenvalue weighted by Crippen LogP contribution is -2.25. The lowest BCUT2D eigenvalue weighted by Gasteiger charge is -2.18. The van der Waals surface area contributed by atoms with Crippen LogP contribution in [0.5, 0.6) is 11.5 Å². The van der Waals surface area contributed by atoms with Crippen LogP contribution in [-0.2, 0) is 4.79 Å². The molecule has 3 aromatic rings. The summed E-state index contributed by atoms with van der Waals surface area (Å²) < 4.78 is 13.0. The first kappa shape index (κ1) is 22.4. The summed E-state index contributed by atoms with van der Waals surface area (Å²) in [7, 11) is 0. The number of nitrogens with one attached hydrogen (secondary N) is 1. The van der Waals surface area contributed by atoms with Crippen molar-refractivity contribution in [3.05, 3.63) is 58.2 Å². The van der Waals surface area contributed by atoms with Crippen molar-refractivity contribution < 1.29 is 14.3 Å². The van der Waals surface area contributed by atoms with Crippen LogP contribution >= 0.6 is 11.3 Å². The Balaban J connectivity index is 1.52. The van der Waals surface area contributed by atoms with E-state index in [1.54, 1.807) is 11.3 Å². The highest BCUT2D eigenvalue weighted by atomic mass is 32.1. The zero-order chi connectivity index (χ0) is 23.3. The second-order valence-electron chi connectivity index (χ2n) is 8.43. The SMILES string of the molecule is CCOc1ccc(C=Nn2c(-c3ccc4c(c3)NC(=O)CO4)csc2=NC2CCCCC2)cc1. The fraction of sp³-hybridized carbons (Fsp3) is 0.346. The van der Waals surface area contributed by atoms with Crippen LogP contribution < -0.4 is 19.6 Å². The van der Waals surface area contributed by atoms with Gasteiger partial charge in [-0.15, -0.1) is 11.3 Å². The molecule has 1 aliphatic heterocycles. The number of amides is 1. The van der Waals surface area contributed by atoms with Crippen LogP contribution in [0, 0.1) is 0 Å². The minimum absolute atomic E-state index is 0.0432. The number of carbonyl (C=O) groups excluding carboxylic acids is 1. The zero-order valence-electron chi connectivity index (χ0n) is 19.2. The lowest BCUT2D eigenvalue weighted by molar-refractivity contribution is -0.118. The van der Waals surface area contributed by atoms with E-state index < -0.39 is 0 Å². The number of anilines is 1. The quantitative estimate of drug-likeness (QED) is 0.505. The molecule has 2 aliphatic rings. The van der Waals surface area contributed by atoms with Gasteiger partial charge < -0.3 is 14.8 Å². The van der Waals surface area contributed by atoms with Crippen LogP contribution in [0.15, 0.2) is 57.9 Å². The van der Waals surface area contributed by atoms with Crippen molar-refractivity contribution >= 4 is 29.1 Å². The monoisotopic (exact) mass is 476 g/mol. The van der Waals surface area contributed by atoms with Crippen molar-refractivity contribution in [1.29, 1.82) is 0 Å². The molecular weight excluding hydrogens is 448 g/mol. The van der Waals surface area contributed by atoms with Gasteiger partial charge in [0.25, 0.3) is 5.91 Å². The van der Waals surface area contributed by atoms with Crippen molar-refractivity contribution in [2.75, 3.05) is 18.5 Å². The zero-order valence-corrected chi connectivity index (χ0v) is 20.0. The van der Waals surface area contributed by atoms with Gasteiger partial charge in [-0.3, -0.25) is 9.79 Å². The Morgan fingerprint density at radius 2 is 2.00 bits per heavy atom. The second-order valence-corrected chi connectivity index (χ2v) is 9.27. The summed E-state index contributed by atoms with van der Waals surface area (Å²) in [4.78, 5) is 17.7. The number of thiazole rings is 1. The number of ether oxygens (including phenoxy) is 2. The van der Waals surface area contributed by atoms with E-state index in [-0.39, 0.29) is 12.5 Å². The van der Waals surface area contributed by atoms with Crippen molar-refractivity contribution in [3.8, 4) is 22.8 Å². The van der Waals surface area contributed by atoms with Gasteiger partial charge in [0.05, 0.1) is 30.2 Å². The minimum Gasteiger partial charge on any atom is -0.494 e. The molecule has 0 spiro atoms. The molecule has 1 saturated carbocycles. The van der Waals surface area contributed by atoms with Gasteiger partial charge in [-0.1, -0.05) is 19.3 Å². The van der Waals surface area contributed by atoms with Gasteiger partial charge in [-0.25, -0.2) is 4.68 Å². The average Bonchev–Trinajstić information content (AvgIpc) is 3.26. The minimum atomic E-state index is -0.149. The van der Waals surface area contributed by atoms with Crippen molar-refractivity contribution in [3.63, 3.8) is 0 Å². The highest BCUT2D eigenvalue weighted by molar-refractivity contribution is 7.07. The Kier molecular flexibility index (Phi) is 6.76. The van der Waals surface area contributed by atoms with Gasteiger partial charge >= 0.3 is 0 Å². The first-order chi connectivity index (χ1) is 16.7.